The van der Waals surface area contributed by atoms with Gasteiger partial charge >= 0.3 is 0 Å². The van der Waals surface area contributed by atoms with Crippen LogP contribution >= 0.6 is 0 Å². The number of fused-ring (bicyclic) bond motifs is 1. The Morgan fingerprint density at radius 2 is 1.94 bits per heavy atom. The van der Waals surface area contributed by atoms with Gasteiger partial charge in [0.25, 0.3) is 5.91 Å². The highest BCUT2D eigenvalue weighted by Gasteiger charge is 2.40. The van der Waals surface area contributed by atoms with E-state index in [2.05, 4.69) is 10.7 Å². The van der Waals surface area contributed by atoms with Gasteiger partial charge in [0.05, 0.1) is 13.2 Å². The van der Waals surface area contributed by atoms with E-state index in [1.54, 1.807) is 48.8 Å². The predicted octanol–water partition coefficient (Wildman–Crippen LogP) is 2.47. The Kier molecular flexibility index (Phi) is 5.73. The first-order chi connectivity index (χ1) is 14.9. The van der Waals surface area contributed by atoms with Crippen LogP contribution in [0.4, 0.5) is 5.69 Å². The zero-order valence-electron chi connectivity index (χ0n) is 17.4. The number of amides is 2. The van der Waals surface area contributed by atoms with Crippen LogP contribution in [-0.2, 0) is 9.59 Å². The molecule has 4 rings (SSSR count). The van der Waals surface area contributed by atoms with Crippen molar-refractivity contribution in [2.24, 2.45) is 0 Å². The molecule has 8 heteroatoms. The van der Waals surface area contributed by atoms with Gasteiger partial charge in [-0.1, -0.05) is 24.3 Å². The number of anilines is 1. The zero-order valence-corrected chi connectivity index (χ0v) is 17.4. The molecule has 2 aromatic carbocycles. The molecule has 2 atom stereocenters. The average Bonchev–Trinajstić information content (AvgIpc) is 3.21. The Bertz CT molecular complexity index is 1030. The summed E-state index contributed by atoms with van der Waals surface area (Å²) < 4.78 is 5.20. The van der Waals surface area contributed by atoms with Crippen molar-refractivity contribution in [1.29, 1.82) is 0 Å². The number of ketones is 1. The SMILES string of the molecule is COc1ccc(C2CC3C(=O)N(CC(=O)Nc4cccc(C(C)=O)c4)C=CN3N2)cc1. The zero-order chi connectivity index (χ0) is 22.0. The topological polar surface area (TPSA) is 91.0 Å². The highest BCUT2D eigenvalue weighted by Crippen LogP contribution is 2.31. The summed E-state index contributed by atoms with van der Waals surface area (Å²) in [4.78, 5) is 38.4. The van der Waals surface area contributed by atoms with E-state index >= 15 is 0 Å². The minimum atomic E-state index is -0.383. The maximum atomic E-state index is 13.0. The summed E-state index contributed by atoms with van der Waals surface area (Å²) in [5.74, 6) is 0.232. The van der Waals surface area contributed by atoms with Crippen LogP contribution in [0.25, 0.3) is 0 Å². The van der Waals surface area contributed by atoms with Crippen LogP contribution in [0.2, 0.25) is 0 Å². The molecule has 0 spiro atoms. The lowest BCUT2D eigenvalue weighted by Gasteiger charge is -2.31. The molecular weight excluding hydrogens is 396 g/mol. The quantitative estimate of drug-likeness (QED) is 0.698. The molecule has 2 aliphatic heterocycles. The minimum Gasteiger partial charge on any atom is -0.497 e. The number of rotatable bonds is 6. The average molecular weight is 420 g/mol. The Labute approximate surface area is 180 Å². The maximum absolute atomic E-state index is 13.0. The van der Waals surface area contributed by atoms with Gasteiger partial charge in [-0.3, -0.25) is 14.4 Å². The number of nitrogens with one attached hydrogen (secondary N) is 2. The molecular formula is C23H24N4O4. The summed E-state index contributed by atoms with van der Waals surface area (Å²) >= 11 is 0. The summed E-state index contributed by atoms with van der Waals surface area (Å²) in [5.41, 5.74) is 5.44. The molecule has 8 nitrogen and oxygen atoms in total. The molecule has 2 amide bonds. The molecule has 2 aromatic rings. The second kappa shape index (κ2) is 8.61. The number of carbonyl (C=O) groups excluding carboxylic acids is 3. The van der Waals surface area contributed by atoms with E-state index in [1.807, 2.05) is 24.3 Å². The van der Waals surface area contributed by atoms with Crippen molar-refractivity contribution in [3.63, 3.8) is 0 Å². The third-order valence-corrected chi connectivity index (χ3v) is 5.46. The molecule has 2 aliphatic rings. The smallest absolute Gasteiger partial charge is 0.251 e. The van der Waals surface area contributed by atoms with Crippen LogP contribution in [0.1, 0.15) is 35.3 Å². The van der Waals surface area contributed by atoms with Gasteiger partial charge in [0.2, 0.25) is 5.91 Å². The van der Waals surface area contributed by atoms with Gasteiger partial charge in [0, 0.05) is 23.7 Å². The number of hydrogen-bond donors (Lipinski definition) is 2. The molecule has 2 unspecified atom stereocenters. The number of ether oxygens (including phenoxy) is 1. The van der Waals surface area contributed by atoms with Gasteiger partial charge in [-0.15, -0.1) is 0 Å². The van der Waals surface area contributed by atoms with Crippen LogP contribution in [0.15, 0.2) is 60.9 Å². The van der Waals surface area contributed by atoms with E-state index in [-0.39, 0.29) is 36.2 Å². The molecule has 0 radical (unpaired) electrons. The van der Waals surface area contributed by atoms with Gasteiger partial charge < -0.3 is 20.0 Å². The number of methoxy groups -OCH3 is 1. The summed E-state index contributed by atoms with van der Waals surface area (Å²) in [5, 5.41) is 4.54. The first-order valence-electron chi connectivity index (χ1n) is 10.0. The highest BCUT2D eigenvalue weighted by molar-refractivity contribution is 5.98. The molecule has 0 saturated carbocycles. The molecule has 0 aromatic heterocycles. The van der Waals surface area contributed by atoms with E-state index in [9.17, 15) is 14.4 Å². The molecule has 0 bridgehead atoms. The number of Topliss-reactive ketones (excluding diaryl/α,β-unsaturated/α-hetero) is 1. The Hall–Kier alpha value is -3.65. The summed E-state index contributed by atoms with van der Waals surface area (Å²) in [7, 11) is 1.62. The lowest BCUT2D eigenvalue weighted by atomic mass is 10.0. The lowest BCUT2D eigenvalue weighted by molar-refractivity contribution is -0.137. The van der Waals surface area contributed by atoms with Gasteiger partial charge in [-0.25, -0.2) is 5.43 Å². The van der Waals surface area contributed by atoms with Crippen LogP contribution < -0.4 is 15.5 Å². The molecule has 1 saturated heterocycles. The predicted molar refractivity (Wildman–Crippen MR) is 115 cm³/mol. The van der Waals surface area contributed by atoms with Crippen molar-refractivity contribution in [2.75, 3.05) is 19.0 Å². The molecule has 160 valence electrons. The first kappa shape index (κ1) is 20.6. The van der Waals surface area contributed by atoms with Crippen molar-refractivity contribution in [3.8, 4) is 5.75 Å². The van der Waals surface area contributed by atoms with Crippen molar-refractivity contribution in [1.82, 2.24) is 15.3 Å². The third-order valence-electron chi connectivity index (χ3n) is 5.46. The number of carbonyl (C=O) groups is 3. The van der Waals surface area contributed by atoms with E-state index in [1.165, 1.54) is 11.8 Å². The largest absolute Gasteiger partial charge is 0.497 e. The van der Waals surface area contributed by atoms with Crippen molar-refractivity contribution in [2.45, 2.75) is 25.4 Å². The van der Waals surface area contributed by atoms with Crippen LogP contribution in [0, 0.1) is 0 Å². The lowest BCUT2D eigenvalue weighted by Crippen LogP contribution is -2.49. The fraction of sp³-hybridized carbons (Fsp3) is 0.261. The van der Waals surface area contributed by atoms with E-state index in [0.29, 0.717) is 17.7 Å². The number of hydrogen-bond acceptors (Lipinski definition) is 6. The minimum absolute atomic E-state index is 0.00685. The normalized spacial score (nSPS) is 19.9. The van der Waals surface area contributed by atoms with Crippen molar-refractivity contribution < 1.29 is 19.1 Å². The second-order valence-electron chi connectivity index (χ2n) is 7.56. The number of hydrazine groups is 1. The van der Waals surface area contributed by atoms with E-state index in [4.69, 9.17) is 4.74 Å². The van der Waals surface area contributed by atoms with Crippen molar-refractivity contribution >= 4 is 23.3 Å². The Morgan fingerprint density at radius 3 is 2.65 bits per heavy atom. The van der Waals surface area contributed by atoms with E-state index < -0.39 is 0 Å². The van der Waals surface area contributed by atoms with Crippen LogP contribution in [0.5, 0.6) is 5.75 Å². The summed E-state index contributed by atoms with van der Waals surface area (Å²) in [6.45, 7) is 1.37. The number of benzene rings is 2. The monoisotopic (exact) mass is 420 g/mol. The third kappa shape index (κ3) is 4.44. The Morgan fingerprint density at radius 1 is 1.16 bits per heavy atom. The highest BCUT2D eigenvalue weighted by atomic mass is 16.5. The van der Waals surface area contributed by atoms with Crippen LogP contribution in [0.3, 0.4) is 0 Å². The molecule has 31 heavy (non-hydrogen) atoms. The Balaban J connectivity index is 1.38. The molecule has 0 aliphatic carbocycles. The van der Waals surface area contributed by atoms with Gasteiger partial charge in [-0.05, 0) is 43.2 Å². The van der Waals surface area contributed by atoms with Crippen molar-refractivity contribution in [3.05, 3.63) is 72.1 Å². The second-order valence-corrected chi connectivity index (χ2v) is 7.56. The maximum Gasteiger partial charge on any atom is 0.251 e. The van der Waals surface area contributed by atoms with Crippen LogP contribution in [-0.4, -0.2) is 47.2 Å². The van der Waals surface area contributed by atoms with E-state index in [0.717, 1.165) is 11.3 Å². The fourth-order valence-corrected chi connectivity index (χ4v) is 3.79. The fourth-order valence-electron chi connectivity index (χ4n) is 3.79. The van der Waals surface area contributed by atoms with Gasteiger partial charge in [-0.2, -0.15) is 0 Å². The number of nitrogens with zero attached hydrogens (tertiary/aromatic N) is 2. The van der Waals surface area contributed by atoms with Gasteiger partial charge in [0.15, 0.2) is 5.78 Å². The molecule has 1 fully saturated rings. The molecule has 2 N–H and O–H groups in total. The molecule has 2 heterocycles. The summed E-state index contributed by atoms with van der Waals surface area (Å²) in [6, 6.07) is 14.1. The summed E-state index contributed by atoms with van der Waals surface area (Å²) in [6.07, 6.45) is 3.97. The van der Waals surface area contributed by atoms with Gasteiger partial charge in [0.1, 0.15) is 18.3 Å². The standard InChI is InChI=1S/C23H24N4O4/c1-15(28)17-4-3-5-18(12-17)24-22(29)14-26-10-11-27-21(23(26)30)13-20(25-27)16-6-8-19(31-2)9-7-16/h3-12,20-21,25H,13-14H2,1-2H3,(H,24,29). The first-order valence-corrected chi connectivity index (χ1v) is 10.0.